The Kier molecular flexibility index (Phi) is 7.16. The summed E-state index contributed by atoms with van der Waals surface area (Å²) >= 11 is 7.17. The Balaban J connectivity index is 1.33. The Labute approximate surface area is 248 Å². The number of aliphatic hydroxyl groups is 2. The first-order valence-corrected chi connectivity index (χ1v) is 15.6. The van der Waals surface area contributed by atoms with Crippen molar-refractivity contribution in [1.29, 1.82) is 0 Å². The van der Waals surface area contributed by atoms with Gasteiger partial charge in [-0.2, -0.15) is 0 Å². The Hall–Kier alpha value is -2.59. The van der Waals surface area contributed by atoms with Crippen molar-refractivity contribution in [3.63, 3.8) is 0 Å². The molecule has 0 aliphatic heterocycles. The molecule has 2 saturated carbocycles. The molecule has 1 aromatic rings. The number of benzene rings is 1. The summed E-state index contributed by atoms with van der Waals surface area (Å²) in [5, 5.41) is 23.3. The Morgan fingerprint density at radius 3 is 2.63 bits per heavy atom. The second kappa shape index (κ2) is 10.3. The quantitative estimate of drug-likeness (QED) is 0.196. The van der Waals surface area contributed by atoms with E-state index >= 15 is 0 Å². The molecule has 1 aromatic carbocycles. The van der Waals surface area contributed by atoms with Crippen LogP contribution in [0, 0.1) is 35.5 Å². The number of aliphatic hydroxyl groups excluding tert-OH is 1. The van der Waals surface area contributed by atoms with Gasteiger partial charge < -0.3 is 15.9 Å². The van der Waals surface area contributed by atoms with Crippen molar-refractivity contribution < 1.29 is 19.8 Å². The lowest BCUT2D eigenvalue weighted by atomic mass is 9.58. The Morgan fingerprint density at radius 1 is 1.32 bits per heavy atom. The van der Waals surface area contributed by atoms with Crippen LogP contribution in [0.5, 0.6) is 0 Å². The smallest absolute Gasteiger partial charge is 0.260 e. The van der Waals surface area contributed by atoms with Gasteiger partial charge in [-0.25, -0.2) is 0 Å². The van der Waals surface area contributed by atoms with Gasteiger partial charge in [0.05, 0.1) is 5.60 Å². The van der Waals surface area contributed by atoms with Crippen LogP contribution in [0.15, 0.2) is 28.5 Å². The third-order valence-corrected chi connectivity index (χ3v) is 11.4. The molecule has 41 heavy (non-hydrogen) atoms. The second-order valence-electron chi connectivity index (χ2n) is 13.6. The number of primary amides is 1. The number of nitrogens with two attached hydrogens (primary N) is 1. The summed E-state index contributed by atoms with van der Waals surface area (Å²) < 4.78 is 0. The molecule has 218 valence electrons. The van der Waals surface area contributed by atoms with Crippen LogP contribution in [0.2, 0.25) is 5.02 Å². The molecular formula is C34H41ClN2O4. The van der Waals surface area contributed by atoms with Crippen LogP contribution >= 0.6 is 11.6 Å². The van der Waals surface area contributed by atoms with Gasteiger partial charge in [0.25, 0.3) is 5.91 Å². The third kappa shape index (κ3) is 4.84. The van der Waals surface area contributed by atoms with Gasteiger partial charge in [0, 0.05) is 42.2 Å². The van der Waals surface area contributed by atoms with Crippen molar-refractivity contribution >= 4 is 23.3 Å². The van der Waals surface area contributed by atoms with Gasteiger partial charge >= 0.3 is 0 Å². The molecule has 3 atom stereocenters. The molecule has 6 rings (SSSR count). The van der Waals surface area contributed by atoms with E-state index in [1.165, 1.54) is 38.5 Å². The third-order valence-electron chi connectivity index (χ3n) is 11.0. The Morgan fingerprint density at radius 2 is 2.05 bits per heavy atom. The number of ketones is 1. The molecule has 4 N–H and O–H groups in total. The highest BCUT2D eigenvalue weighted by molar-refractivity contribution is 6.33. The highest BCUT2D eigenvalue weighted by Gasteiger charge is 2.51. The maximum absolute atomic E-state index is 13.9. The number of terminal acetylenes is 1. The first-order valence-electron chi connectivity index (χ1n) is 15.2. The molecule has 5 aliphatic rings. The molecule has 0 saturated heterocycles. The molecular weight excluding hydrogens is 536 g/mol. The number of hydrogen-bond donors (Lipinski definition) is 3. The van der Waals surface area contributed by atoms with Crippen molar-refractivity contribution in [3.05, 3.63) is 55.8 Å². The van der Waals surface area contributed by atoms with E-state index in [1.54, 1.807) is 6.92 Å². The van der Waals surface area contributed by atoms with E-state index in [0.717, 1.165) is 53.4 Å². The highest BCUT2D eigenvalue weighted by atomic mass is 35.5. The minimum absolute atomic E-state index is 0.00598. The minimum atomic E-state index is -1.35. The molecule has 6 nitrogen and oxygen atoms in total. The first-order chi connectivity index (χ1) is 19.5. The predicted molar refractivity (Wildman–Crippen MR) is 159 cm³/mol. The highest BCUT2D eigenvalue weighted by Crippen LogP contribution is 2.53. The normalized spacial score (nSPS) is 28.2. The van der Waals surface area contributed by atoms with E-state index in [4.69, 9.17) is 23.8 Å². The number of rotatable bonds is 10. The van der Waals surface area contributed by atoms with Crippen LogP contribution in [0.25, 0.3) is 0 Å². The average Bonchev–Trinajstić information content (AvgIpc) is 3.70. The fourth-order valence-corrected chi connectivity index (χ4v) is 8.45. The average molecular weight is 577 g/mol. The summed E-state index contributed by atoms with van der Waals surface area (Å²) in [6, 6.07) is 2.11. The van der Waals surface area contributed by atoms with Gasteiger partial charge in [-0.15, -0.1) is 6.42 Å². The number of nitrogens with zero attached hydrogens (tertiary/aromatic N) is 1. The van der Waals surface area contributed by atoms with Gasteiger partial charge in [0.2, 0.25) is 0 Å². The van der Waals surface area contributed by atoms with Crippen molar-refractivity contribution in [3.8, 4) is 12.3 Å². The lowest BCUT2D eigenvalue weighted by molar-refractivity contribution is -0.114. The SMILES string of the molecule is C#C/C(C(N)=O)=C(/O)C[C@@H]1C[C@@H]2Cc3c(Cl)c(CN(CC4CC4)CC4(CC)CCC4)cc4c3C(=O)C2=C(C4)[C@@]1(C)O. The standard InChI is InChI=1S/C34H41ClN2O4/c1-4-24(32(36)40)27(38)15-23-12-21-13-25-28-20(14-26(33(23,3)41)29(21)31(28)39)11-22(30(25)35)17-37(16-19-7-8-19)18-34(5-2)9-6-10-34/h1,11,19,21,23,38,41H,5-10,12-18H2,2-3H3,(H2,36,40)/b27-24-/t21-,23+,33+/m1/s1. The van der Waals surface area contributed by atoms with E-state index in [1.807, 2.05) is 0 Å². The summed E-state index contributed by atoms with van der Waals surface area (Å²) in [6.45, 7) is 7.00. The van der Waals surface area contributed by atoms with Crippen molar-refractivity contribution in [1.82, 2.24) is 4.90 Å². The van der Waals surface area contributed by atoms with Crippen LogP contribution < -0.4 is 5.73 Å². The lowest BCUT2D eigenvalue weighted by Crippen LogP contribution is -2.49. The van der Waals surface area contributed by atoms with Crippen molar-refractivity contribution in [2.24, 2.45) is 28.9 Å². The van der Waals surface area contributed by atoms with E-state index in [-0.39, 0.29) is 29.5 Å². The maximum atomic E-state index is 13.9. The number of amides is 1. The number of carbonyl (C=O) groups is 2. The van der Waals surface area contributed by atoms with E-state index in [2.05, 4.69) is 23.8 Å². The first kappa shape index (κ1) is 28.5. The number of halogens is 1. The van der Waals surface area contributed by atoms with Crippen LogP contribution in [0.1, 0.15) is 92.3 Å². The number of hydrogen-bond acceptors (Lipinski definition) is 5. The zero-order valence-corrected chi connectivity index (χ0v) is 24.9. The minimum Gasteiger partial charge on any atom is -0.511 e. The van der Waals surface area contributed by atoms with Crippen molar-refractivity contribution in [2.75, 3.05) is 13.1 Å². The molecule has 7 heteroatoms. The molecule has 0 spiro atoms. The topological polar surface area (TPSA) is 104 Å². The summed E-state index contributed by atoms with van der Waals surface area (Å²) in [5.74, 6) is 1.21. The largest absolute Gasteiger partial charge is 0.511 e. The van der Waals surface area contributed by atoms with E-state index in [0.29, 0.717) is 35.3 Å². The molecule has 0 heterocycles. The molecule has 0 radical (unpaired) electrons. The van der Waals surface area contributed by atoms with Gasteiger partial charge in [-0.05, 0) is 104 Å². The molecule has 2 bridgehead atoms. The fraction of sp³-hybridized carbons (Fsp3) is 0.588. The molecule has 2 fully saturated rings. The van der Waals surface area contributed by atoms with Gasteiger partial charge in [-0.1, -0.05) is 36.9 Å². The number of Topliss-reactive ketones (excluding diaryl/α,β-unsaturated/α-hetero) is 1. The zero-order chi connectivity index (χ0) is 29.3. The van der Waals surface area contributed by atoms with E-state index < -0.39 is 17.4 Å². The van der Waals surface area contributed by atoms with Gasteiger partial charge in [0.1, 0.15) is 11.3 Å². The van der Waals surface area contributed by atoms with E-state index in [9.17, 15) is 19.8 Å². The van der Waals surface area contributed by atoms with Crippen LogP contribution in [0.3, 0.4) is 0 Å². The second-order valence-corrected chi connectivity index (χ2v) is 14.0. The molecule has 1 amide bonds. The molecule has 0 unspecified atom stereocenters. The molecule has 5 aliphatic carbocycles. The summed E-state index contributed by atoms with van der Waals surface area (Å²) in [7, 11) is 0. The summed E-state index contributed by atoms with van der Waals surface area (Å²) in [4.78, 5) is 28.2. The monoisotopic (exact) mass is 576 g/mol. The van der Waals surface area contributed by atoms with Crippen LogP contribution in [-0.2, 0) is 24.2 Å². The summed E-state index contributed by atoms with van der Waals surface area (Å²) in [5.41, 5.74) is 9.25. The fourth-order valence-electron chi connectivity index (χ4n) is 8.16. The number of carbonyl (C=O) groups excluding carboxylic acids is 2. The zero-order valence-electron chi connectivity index (χ0n) is 24.2. The Bertz CT molecular complexity index is 1420. The predicted octanol–water partition coefficient (Wildman–Crippen LogP) is 5.43. The maximum Gasteiger partial charge on any atom is 0.260 e. The van der Waals surface area contributed by atoms with Gasteiger partial charge in [0.15, 0.2) is 5.78 Å². The molecule has 0 aromatic heterocycles. The van der Waals surface area contributed by atoms with Crippen LogP contribution in [0.4, 0.5) is 0 Å². The van der Waals surface area contributed by atoms with Crippen LogP contribution in [-0.4, -0.2) is 45.5 Å². The lowest BCUT2D eigenvalue weighted by Gasteiger charge is -2.48. The summed E-state index contributed by atoms with van der Waals surface area (Å²) in [6.07, 6.45) is 14.7. The van der Waals surface area contributed by atoms with Crippen molar-refractivity contribution in [2.45, 2.75) is 90.2 Å². The van der Waals surface area contributed by atoms with Gasteiger partial charge in [-0.3, -0.25) is 14.5 Å². The number of allylic oxidation sites excluding steroid dienone is 2.